The Morgan fingerprint density at radius 2 is 2.17 bits per heavy atom. The zero-order chi connectivity index (χ0) is 13.1. The van der Waals surface area contributed by atoms with E-state index in [1.165, 1.54) is 5.57 Å². The van der Waals surface area contributed by atoms with Gasteiger partial charge in [0.2, 0.25) is 0 Å². The first-order chi connectivity index (χ1) is 8.61. The van der Waals surface area contributed by atoms with Crippen LogP contribution in [0.4, 0.5) is 0 Å². The third-order valence-corrected chi connectivity index (χ3v) is 2.67. The van der Waals surface area contributed by atoms with Crippen LogP contribution in [0, 0.1) is 6.92 Å². The summed E-state index contributed by atoms with van der Waals surface area (Å²) in [6, 6.07) is 3.81. The molecule has 0 bridgehead atoms. The summed E-state index contributed by atoms with van der Waals surface area (Å²) in [7, 11) is 0. The number of hydrogen-bond acceptors (Lipinski definition) is 2. The van der Waals surface area contributed by atoms with Crippen LogP contribution >= 0.6 is 0 Å². The van der Waals surface area contributed by atoms with Crippen molar-refractivity contribution in [3.8, 4) is 0 Å². The van der Waals surface area contributed by atoms with Crippen molar-refractivity contribution in [1.29, 1.82) is 0 Å². The summed E-state index contributed by atoms with van der Waals surface area (Å²) < 4.78 is 5.69. The maximum atomic E-state index is 5.69. The highest BCUT2D eigenvalue weighted by Gasteiger charge is 2.09. The number of pyridine rings is 1. The monoisotopic (exact) mass is 239 g/mol. The molecule has 2 aromatic heterocycles. The van der Waals surface area contributed by atoms with Gasteiger partial charge in [0.1, 0.15) is 11.3 Å². The summed E-state index contributed by atoms with van der Waals surface area (Å²) in [5.41, 5.74) is 5.04. The minimum Gasteiger partial charge on any atom is -0.459 e. The molecule has 0 N–H and O–H groups in total. The van der Waals surface area contributed by atoms with E-state index < -0.39 is 0 Å². The average Bonchev–Trinajstić information content (AvgIpc) is 2.64. The molecule has 2 rings (SSSR count). The lowest BCUT2D eigenvalue weighted by Crippen LogP contribution is -1.80. The van der Waals surface area contributed by atoms with Gasteiger partial charge in [-0.05, 0) is 44.6 Å². The second-order valence-electron chi connectivity index (χ2n) is 4.49. The summed E-state index contributed by atoms with van der Waals surface area (Å²) in [4.78, 5) is 4.38. The van der Waals surface area contributed by atoms with Crippen LogP contribution < -0.4 is 0 Å². The number of aromatic nitrogens is 1. The van der Waals surface area contributed by atoms with Crippen molar-refractivity contribution in [2.24, 2.45) is 0 Å². The molecule has 0 radical (unpaired) electrons. The molecule has 2 nitrogen and oxygen atoms in total. The second-order valence-corrected chi connectivity index (χ2v) is 4.49. The molecule has 0 aromatic carbocycles. The van der Waals surface area contributed by atoms with Crippen molar-refractivity contribution >= 4 is 17.2 Å². The van der Waals surface area contributed by atoms with Crippen LogP contribution in [0.5, 0.6) is 0 Å². The van der Waals surface area contributed by atoms with E-state index >= 15 is 0 Å². The van der Waals surface area contributed by atoms with Crippen LogP contribution in [0.15, 0.2) is 52.6 Å². The van der Waals surface area contributed by atoms with Crippen LogP contribution in [0.3, 0.4) is 0 Å². The molecule has 0 amide bonds. The normalized spacial score (nSPS) is 11.6. The van der Waals surface area contributed by atoms with Crippen LogP contribution in [0.2, 0.25) is 0 Å². The average molecular weight is 239 g/mol. The predicted octanol–water partition coefficient (Wildman–Crippen LogP) is 4.67. The van der Waals surface area contributed by atoms with E-state index in [-0.39, 0.29) is 0 Å². The maximum absolute atomic E-state index is 5.69. The lowest BCUT2D eigenvalue weighted by molar-refractivity contribution is 0.577. The van der Waals surface area contributed by atoms with E-state index in [2.05, 4.69) is 37.6 Å². The fourth-order valence-electron chi connectivity index (χ4n) is 1.89. The molecule has 0 aliphatic carbocycles. The first kappa shape index (κ1) is 12.4. The fraction of sp³-hybridized carbons (Fsp3) is 0.188. The molecular formula is C16H17NO. The number of allylic oxidation sites excluding steroid dienone is 4. The first-order valence-corrected chi connectivity index (χ1v) is 5.95. The van der Waals surface area contributed by atoms with Gasteiger partial charge in [0.25, 0.3) is 0 Å². The Morgan fingerprint density at radius 1 is 1.39 bits per heavy atom. The van der Waals surface area contributed by atoms with E-state index in [1.807, 2.05) is 25.1 Å². The SMILES string of the molecule is C=CC(C=C(C)C)=Cc1c(C)oc2cccnc12. The lowest BCUT2D eigenvalue weighted by Gasteiger charge is -1.96. The third-order valence-electron chi connectivity index (χ3n) is 2.67. The van der Waals surface area contributed by atoms with E-state index in [1.54, 1.807) is 6.20 Å². The van der Waals surface area contributed by atoms with Crippen molar-refractivity contribution in [3.05, 3.63) is 59.5 Å². The summed E-state index contributed by atoms with van der Waals surface area (Å²) in [5.74, 6) is 0.880. The van der Waals surface area contributed by atoms with Gasteiger partial charge in [0, 0.05) is 11.8 Å². The molecule has 2 heterocycles. The smallest absolute Gasteiger partial charge is 0.153 e. The molecule has 0 atom stereocenters. The molecule has 18 heavy (non-hydrogen) atoms. The van der Waals surface area contributed by atoms with E-state index in [0.717, 1.165) is 28.0 Å². The van der Waals surface area contributed by atoms with Gasteiger partial charge in [0.15, 0.2) is 5.58 Å². The van der Waals surface area contributed by atoms with Gasteiger partial charge >= 0.3 is 0 Å². The number of furan rings is 1. The van der Waals surface area contributed by atoms with E-state index in [0.29, 0.717) is 0 Å². The van der Waals surface area contributed by atoms with Crippen LogP contribution in [-0.4, -0.2) is 4.98 Å². The van der Waals surface area contributed by atoms with Gasteiger partial charge in [-0.15, -0.1) is 0 Å². The largest absolute Gasteiger partial charge is 0.459 e. The molecule has 2 heteroatoms. The van der Waals surface area contributed by atoms with Crippen molar-refractivity contribution in [2.45, 2.75) is 20.8 Å². The van der Waals surface area contributed by atoms with Gasteiger partial charge in [0.05, 0.1) is 0 Å². The zero-order valence-corrected chi connectivity index (χ0v) is 11.0. The fourth-order valence-corrected chi connectivity index (χ4v) is 1.89. The number of rotatable bonds is 3. The van der Waals surface area contributed by atoms with Crippen LogP contribution in [-0.2, 0) is 0 Å². The molecule has 0 saturated carbocycles. The number of nitrogens with zero attached hydrogens (tertiary/aromatic N) is 1. The minimum absolute atomic E-state index is 0.821. The molecular weight excluding hydrogens is 222 g/mol. The number of fused-ring (bicyclic) bond motifs is 1. The molecule has 92 valence electrons. The van der Waals surface area contributed by atoms with Crippen molar-refractivity contribution < 1.29 is 4.42 Å². The summed E-state index contributed by atoms with van der Waals surface area (Å²) in [6.07, 6.45) is 7.78. The molecule has 0 aliphatic heterocycles. The molecule has 0 saturated heterocycles. The highest BCUT2D eigenvalue weighted by molar-refractivity contribution is 5.86. The summed E-state index contributed by atoms with van der Waals surface area (Å²) >= 11 is 0. The van der Waals surface area contributed by atoms with Crippen molar-refractivity contribution in [2.75, 3.05) is 0 Å². The molecule has 0 unspecified atom stereocenters. The topological polar surface area (TPSA) is 26.0 Å². The van der Waals surface area contributed by atoms with E-state index in [9.17, 15) is 0 Å². The Labute approximate surface area is 107 Å². The Morgan fingerprint density at radius 3 is 2.83 bits per heavy atom. The Hall–Kier alpha value is -2.09. The quantitative estimate of drug-likeness (QED) is 0.727. The summed E-state index contributed by atoms with van der Waals surface area (Å²) in [5, 5.41) is 0. The third kappa shape index (κ3) is 2.43. The van der Waals surface area contributed by atoms with Crippen LogP contribution in [0.25, 0.3) is 17.2 Å². The molecule has 0 aliphatic rings. The zero-order valence-electron chi connectivity index (χ0n) is 11.0. The number of hydrogen-bond donors (Lipinski definition) is 0. The Balaban J connectivity index is 2.60. The first-order valence-electron chi connectivity index (χ1n) is 5.95. The van der Waals surface area contributed by atoms with Gasteiger partial charge in [-0.3, -0.25) is 4.98 Å². The predicted molar refractivity (Wildman–Crippen MR) is 76.4 cm³/mol. The van der Waals surface area contributed by atoms with Gasteiger partial charge in [-0.1, -0.05) is 24.3 Å². The Bertz CT molecular complexity index is 640. The maximum Gasteiger partial charge on any atom is 0.153 e. The van der Waals surface area contributed by atoms with Gasteiger partial charge < -0.3 is 4.42 Å². The standard InChI is InChI=1S/C16H17NO/c1-5-13(9-11(2)3)10-14-12(4)18-15-7-6-8-17-16(14)15/h5-10H,1H2,2-4H3. The number of aryl methyl sites for hydroxylation is 1. The van der Waals surface area contributed by atoms with Gasteiger partial charge in [-0.2, -0.15) is 0 Å². The van der Waals surface area contributed by atoms with Crippen molar-refractivity contribution in [3.63, 3.8) is 0 Å². The molecule has 2 aromatic rings. The molecule has 0 fully saturated rings. The lowest BCUT2D eigenvalue weighted by atomic mass is 10.1. The highest BCUT2D eigenvalue weighted by atomic mass is 16.3. The molecule has 0 spiro atoms. The van der Waals surface area contributed by atoms with Gasteiger partial charge in [-0.25, -0.2) is 0 Å². The Kier molecular flexibility index (Phi) is 3.47. The van der Waals surface area contributed by atoms with Crippen LogP contribution in [0.1, 0.15) is 25.2 Å². The van der Waals surface area contributed by atoms with Crippen molar-refractivity contribution in [1.82, 2.24) is 4.98 Å². The minimum atomic E-state index is 0.821. The highest BCUT2D eigenvalue weighted by Crippen LogP contribution is 2.26. The second kappa shape index (κ2) is 5.05. The van der Waals surface area contributed by atoms with E-state index in [4.69, 9.17) is 4.42 Å². The summed E-state index contributed by atoms with van der Waals surface area (Å²) in [6.45, 7) is 9.93.